The molecule has 3 fully saturated rings. The van der Waals surface area contributed by atoms with Crippen molar-refractivity contribution in [2.45, 2.75) is 32.0 Å². The van der Waals surface area contributed by atoms with Crippen molar-refractivity contribution in [1.82, 2.24) is 14.8 Å². The van der Waals surface area contributed by atoms with Crippen LogP contribution < -0.4 is 4.74 Å². The van der Waals surface area contributed by atoms with Crippen LogP contribution >= 0.6 is 0 Å². The molecule has 1 amide bonds. The third-order valence-corrected chi connectivity index (χ3v) is 5.46. The zero-order valence-corrected chi connectivity index (χ0v) is 15.2. The van der Waals surface area contributed by atoms with Crippen molar-refractivity contribution < 1.29 is 9.53 Å². The standard InChI is InChI=1S/C21H25N3O2/c1-23-19-9-8-17(21(23)25)13-24(14-19)12-16-5-4-7-20(11-16)26-15-18-6-2-3-10-22-18/h2-7,10-11,17,19H,8-9,12-15H2,1H3/t17-,19+/m1/s1. The number of piperidine rings is 1. The summed E-state index contributed by atoms with van der Waals surface area (Å²) in [5.74, 6) is 1.33. The number of amides is 1. The first-order valence-electron chi connectivity index (χ1n) is 9.30. The van der Waals surface area contributed by atoms with Gasteiger partial charge in [-0.05, 0) is 42.7 Å². The van der Waals surface area contributed by atoms with Gasteiger partial charge in [-0.2, -0.15) is 0 Å². The van der Waals surface area contributed by atoms with Crippen molar-refractivity contribution in [3.05, 3.63) is 59.9 Å². The number of ether oxygens (including phenoxy) is 1. The van der Waals surface area contributed by atoms with Crippen LogP contribution in [0.5, 0.6) is 5.75 Å². The minimum Gasteiger partial charge on any atom is -0.487 e. The van der Waals surface area contributed by atoms with Gasteiger partial charge in [-0.25, -0.2) is 0 Å². The van der Waals surface area contributed by atoms with E-state index in [2.05, 4.69) is 22.0 Å². The summed E-state index contributed by atoms with van der Waals surface area (Å²) >= 11 is 0. The van der Waals surface area contributed by atoms with E-state index in [9.17, 15) is 4.79 Å². The number of aromatic nitrogens is 1. The van der Waals surface area contributed by atoms with E-state index in [1.807, 2.05) is 42.3 Å². The third kappa shape index (κ3) is 3.73. The van der Waals surface area contributed by atoms with Gasteiger partial charge in [-0.1, -0.05) is 18.2 Å². The topological polar surface area (TPSA) is 45.7 Å². The van der Waals surface area contributed by atoms with Gasteiger partial charge in [-0.15, -0.1) is 0 Å². The van der Waals surface area contributed by atoms with Gasteiger partial charge in [0.15, 0.2) is 0 Å². The maximum absolute atomic E-state index is 12.4. The third-order valence-electron chi connectivity index (χ3n) is 5.46. The van der Waals surface area contributed by atoms with Gasteiger partial charge in [0.05, 0.1) is 11.6 Å². The number of pyridine rings is 1. The Labute approximate surface area is 154 Å². The number of hydrogen-bond donors (Lipinski definition) is 0. The second-order valence-electron chi connectivity index (χ2n) is 7.33. The van der Waals surface area contributed by atoms with E-state index in [0.717, 1.165) is 43.9 Å². The molecule has 2 bridgehead atoms. The molecule has 26 heavy (non-hydrogen) atoms. The minimum absolute atomic E-state index is 0.155. The highest BCUT2D eigenvalue weighted by Crippen LogP contribution is 2.29. The van der Waals surface area contributed by atoms with Crippen LogP contribution in [0.1, 0.15) is 24.1 Å². The fourth-order valence-electron chi connectivity index (χ4n) is 4.01. The van der Waals surface area contributed by atoms with Gasteiger partial charge in [-0.3, -0.25) is 14.7 Å². The zero-order valence-electron chi connectivity index (χ0n) is 15.2. The predicted molar refractivity (Wildman–Crippen MR) is 99.6 cm³/mol. The Morgan fingerprint density at radius 2 is 2.08 bits per heavy atom. The van der Waals surface area contributed by atoms with Crippen LogP contribution in [0.15, 0.2) is 48.7 Å². The summed E-state index contributed by atoms with van der Waals surface area (Å²) in [6.45, 7) is 3.14. The van der Waals surface area contributed by atoms with Crippen LogP contribution in [0.3, 0.4) is 0 Å². The molecular formula is C21H25N3O2. The number of carbonyl (C=O) groups is 1. The van der Waals surface area contributed by atoms with E-state index in [4.69, 9.17) is 4.74 Å². The first-order valence-corrected chi connectivity index (χ1v) is 9.30. The van der Waals surface area contributed by atoms with Crippen LogP contribution in [0, 0.1) is 5.92 Å². The number of hydrogen-bond acceptors (Lipinski definition) is 4. The van der Waals surface area contributed by atoms with Crippen molar-refractivity contribution in [3.8, 4) is 5.75 Å². The Bertz CT molecular complexity index is 765. The molecule has 5 heteroatoms. The number of carbonyl (C=O) groups excluding carboxylic acids is 1. The first kappa shape index (κ1) is 17.0. The van der Waals surface area contributed by atoms with Crippen molar-refractivity contribution in [2.75, 3.05) is 20.1 Å². The molecule has 136 valence electrons. The molecule has 5 nitrogen and oxygen atoms in total. The van der Waals surface area contributed by atoms with E-state index < -0.39 is 0 Å². The zero-order chi connectivity index (χ0) is 17.9. The Balaban J connectivity index is 1.40. The van der Waals surface area contributed by atoms with Gasteiger partial charge >= 0.3 is 0 Å². The van der Waals surface area contributed by atoms with E-state index in [-0.39, 0.29) is 5.92 Å². The quantitative estimate of drug-likeness (QED) is 0.831. The normalized spacial score (nSPS) is 23.1. The van der Waals surface area contributed by atoms with Crippen LogP contribution in [0.2, 0.25) is 0 Å². The highest BCUT2D eigenvalue weighted by Gasteiger charge is 2.38. The van der Waals surface area contributed by atoms with Crippen molar-refractivity contribution in [2.24, 2.45) is 5.92 Å². The molecule has 4 heterocycles. The molecule has 0 saturated carbocycles. The van der Waals surface area contributed by atoms with Crippen LogP contribution in [0.4, 0.5) is 0 Å². The second-order valence-corrected chi connectivity index (χ2v) is 7.33. The second kappa shape index (κ2) is 7.46. The first-order chi connectivity index (χ1) is 12.7. The summed E-state index contributed by atoms with van der Waals surface area (Å²) in [4.78, 5) is 21.0. The average Bonchev–Trinajstić information content (AvgIpc) is 2.93. The Morgan fingerprint density at radius 1 is 1.15 bits per heavy atom. The van der Waals surface area contributed by atoms with Crippen LogP contribution in [-0.2, 0) is 17.9 Å². The van der Waals surface area contributed by atoms with Crippen molar-refractivity contribution >= 4 is 5.91 Å². The SMILES string of the molecule is CN1C(=O)[C@@H]2CC[C@H]1CN(Cc1cccc(OCc3ccccn3)c1)C2. The molecule has 3 saturated heterocycles. The van der Waals surface area contributed by atoms with Gasteiger partial charge in [0, 0.05) is 38.9 Å². The van der Waals surface area contributed by atoms with Crippen molar-refractivity contribution in [3.63, 3.8) is 0 Å². The number of likely N-dealkylation sites (N-methyl/N-ethyl adjacent to an activating group) is 1. The van der Waals surface area contributed by atoms with Crippen molar-refractivity contribution in [1.29, 1.82) is 0 Å². The number of rotatable bonds is 5. The highest BCUT2D eigenvalue weighted by molar-refractivity contribution is 5.80. The maximum Gasteiger partial charge on any atom is 0.227 e. The molecule has 2 atom stereocenters. The lowest BCUT2D eigenvalue weighted by atomic mass is 9.95. The van der Waals surface area contributed by atoms with Gasteiger partial charge in [0.2, 0.25) is 5.91 Å². The van der Waals surface area contributed by atoms with E-state index >= 15 is 0 Å². The number of fused-ring (bicyclic) bond motifs is 4. The molecule has 2 aromatic rings. The monoisotopic (exact) mass is 351 g/mol. The van der Waals surface area contributed by atoms with E-state index in [0.29, 0.717) is 18.6 Å². The molecule has 1 aromatic heterocycles. The maximum atomic E-state index is 12.4. The lowest BCUT2D eigenvalue weighted by Gasteiger charge is -2.32. The average molecular weight is 351 g/mol. The molecule has 0 radical (unpaired) electrons. The fourth-order valence-corrected chi connectivity index (χ4v) is 4.01. The molecule has 3 aliphatic heterocycles. The van der Waals surface area contributed by atoms with Gasteiger partial charge < -0.3 is 9.64 Å². The number of benzene rings is 1. The van der Waals surface area contributed by atoms with Gasteiger partial charge in [0.1, 0.15) is 12.4 Å². The molecule has 0 spiro atoms. The molecule has 0 N–H and O–H groups in total. The largest absolute Gasteiger partial charge is 0.487 e. The summed E-state index contributed by atoms with van der Waals surface area (Å²) in [6, 6.07) is 14.4. The van der Waals surface area contributed by atoms with Crippen LogP contribution in [-0.4, -0.2) is 46.9 Å². The van der Waals surface area contributed by atoms with E-state index in [1.54, 1.807) is 6.20 Å². The summed E-state index contributed by atoms with van der Waals surface area (Å²) in [6.07, 6.45) is 3.93. The molecule has 1 aromatic carbocycles. The Kier molecular flexibility index (Phi) is 4.89. The van der Waals surface area contributed by atoms with E-state index in [1.165, 1.54) is 5.56 Å². The fraction of sp³-hybridized carbons (Fsp3) is 0.429. The smallest absolute Gasteiger partial charge is 0.227 e. The highest BCUT2D eigenvalue weighted by atomic mass is 16.5. The van der Waals surface area contributed by atoms with Crippen LogP contribution in [0.25, 0.3) is 0 Å². The molecule has 3 aliphatic rings. The molecular weight excluding hydrogens is 326 g/mol. The lowest BCUT2D eigenvalue weighted by Crippen LogP contribution is -2.45. The molecule has 0 aliphatic carbocycles. The minimum atomic E-state index is 0.155. The molecule has 5 rings (SSSR count). The Hall–Kier alpha value is -2.40. The summed E-state index contributed by atoms with van der Waals surface area (Å²) in [7, 11) is 1.95. The summed E-state index contributed by atoms with van der Waals surface area (Å²) in [5, 5.41) is 0. The van der Waals surface area contributed by atoms with Gasteiger partial charge in [0.25, 0.3) is 0 Å². The summed E-state index contributed by atoms with van der Waals surface area (Å²) < 4.78 is 5.89. The number of nitrogens with zero attached hydrogens (tertiary/aromatic N) is 3. The lowest BCUT2D eigenvalue weighted by molar-refractivity contribution is -0.138. The molecule has 0 unspecified atom stereocenters. The summed E-state index contributed by atoms with van der Waals surface area (Å²) in [5.41, 5.74) is 2.14. The predicted octanol–water partition coefficient (Wildman–Crippen LogP) is 2.71. The Morgan fingerprint density at radius 3 is 2.92 bits per heavy atom.